The minimum atomic E-state index is -0.860. The zero-order chi connectivity index (χ0) is 16.8. The predicted molar refractivity (Wildman–Crippen MR) is 83.7 cm³/mol. The molecule has 1 amide bonds. The summed E-state index contributed by atoms with van der Waals surface area (Å²) in [6, 6.07) is 11.1. The third kappa shape index (κ3) is 4.43. The highest BCUT2D eigenvalue weighted by Crippen LogP contribution is 2.21. The highest BCUT2D eigenvalue weighted by molar-refractivity contribution is 6.31. The first-order valence-corrected chi connectivity index (χ1v) is 7.26. The maximum Gasteiger partial charge on any atom is 0.405 e. The Morgan fingerprint density at radius 3 is 2.65 bits per heavy atom. The minimum absolute atomic E-state index is 0.181. The van der Waals surface area contributed by atoms with Crippen LogP contribution in [0.3, 0.4) is 0 Å². The van der Waals surface area contributed by atoms with Gasteiger partial charge in [-0.15, -0.1) is 0 Å². The van der Waals surface area contributed by atoms with Crippen LogP contribution < -0.4 is 10.0 Å². The molecule has 0 aliphatic carbocycles. The van der Waals surface area contributed by atoms with E-state index in [4.69, 9.17) is 16.3 Å². The van der Waals surface area contributed by atoms with E-state index in [2.05, 4.69) is 5.32 Å². The van der Waals surface area contributed by atoms with Crippen molar-refractivity contribution in [3.05, 3.63) is 70.1 Å². The molecule has 2 rings (SSSR count). The summed E-state index contributed by atoms with van der Waals surface area (Å²) in [5, 5.41) is 14.6. The number of ether oxygens (including phenoxy) is 1. The Balaban J connectivity index is 1.89. The maximum absolute atomic E-state index is 11.8. The second-order valence-electron chi connectivity index (χ2n) is 4.80. The van der Waals surface area contributed by atoms with Gasteiger partial charge in [0.15, 0.2) is 12.8 Å². The molecule has 6 nitrogen and oxygen atoms in total. The highest BCUT2D eigenvalue weighted by atomic mass is 35.5. The summed E-state index contributed by atoms with van der Waals surface area (Å²) in [4.78, 5) is 23.6. The molecule has 0 fully saturated rings. The van der Waals surface area contributed by atoms with Crippen LogP contribution in [0.15, 0.2) is 48.7 Å². The molecule has 7 heteroatoms. The average Bonchev–Trinajstić information content (AvgIpc) is 2.53. The van der Waals surface area contributed by atoms with Crippen molar-refractivity contribution in [2.75, 3.05) is 6.61 Å². The van der Waals surface area contributed by atoms with Gasteiger partial charge in [0.25, 0.3) is 5.91 Å². The maximum atomic E-state index is 11.8. The smallest absolute Gasteiger partial charge is 0.405 e. The summed E-state index contributed by atoms with van der Waals surface area (Å²) in [5.74, 6) is -1.35. The molecule has 1 heterocycles. The molecule has 0 saturated carbocycles. The first kappa shape index (κ1) is 16.8. The van der Waals surface area contributed by atoms with E-state index in [0.29, 0.717) is 9.75 Å². The number of halogens is 1. The molecule has 0 aliphatic rings. The molecule has 0 saturated heterocycles. The Labute approximate surface area is 138 Å². The van der Waals surface area contributed by atoms with Crippen LogP contribution in [0.2, 0.25) is 5.02 Å². The normalized spacial score (nSPS) is 11.6. The van der Waals surface area contributed by atoms with Crippen LogP contribution in [-0.4, -0.2) is 18.5 Å². The van der Waals surface area contributed by atoms with E-state index < -0.39 is 18.5 Å². The van der Waals surface area contributed by atoms with E-state index in [1.807, 2.05) is 6.07 Å². The lowest BCUT2D eigenvalue weighted by Crippen LogP contribution is -2.36. The van der Waals surface area contributed by atoms with Crippen LogP contribution in [0.4, 0.5) is 0 Å². The van der Waals surface area contributed by atoms with Crippen LogP contribution in [-0.2, 0) is 9.53 Å². The van der Waals surface area contributed by atoms with Crippen LogP contribution in [0.1, 0.15) is 29.0 Å². The Hall–Kier alpha value is -2.60. The number of rotatable bonds is 5. The van der Waals surface area contributed by atoms with E-state index >= 15 is 0 Å². The number of hydrogen-bond donors (Lipinski definition) is 1. The molecule has 0 unspecified atom stereocenters. The molecular formula is C16H15ClN2O4. The average molecular weight is 335 g/mol. The minimum Gasteiger partial charge on any atom is -0.618 e. The number of carbonyl (C=O) groups excluding carboxylic acids is 2. The van der Waals surface area contributed by atoms with E-state index in [0.717, 1.165) is 5.56 Å². The van der Waals surface area contributed by atoms with Crippen molar-refractivity contribution < 1.29 is 19.1 Å². The number of hydrogen-bond acceptors (Lipinski definition) is 4. The van der Waals surface area contributed by atoms with Crippen LogP contribution >= 0.6 is 11.6 Å². The standard InChI is InChI=1S/C16H15ClN2O4/c1-11(12-6-2-3-7-13(12)17)18-15(20)10-23-16(21)14-8-4-5-9-19(14)22/h2-9,11H,10H2,1H3,(H,18,20)/t11-/m1/s1. The fraction of sp³-hybridized carbons (Fsp3) is 0.188. The molecular weight excluding hydrogens is 320 g/mol. The van der Waals surface area contributed by atoms with E-state index in [1.54, 1.807) is 25.1 Å². The van der Waals surface area contributed by atoms with Crippen molar-refractivity contribution in [1.29, 1.82) is 0 Å². The monoisotopic (exact) mass is 334 g/mol. The first-order chi connectivity index (χ1) is 11.0. The van der Waals surface area contributed by atoms with Crippen molar-refractivity contribution in [2.45, 2.75) is 13.0 Å². The highest BCUT2D eigenvalue weighted by Gasteiger charge is 2.19. The van der Waals surface area contributed by atoms with Crippen molar-refractivity contribution in [1.82, 2.24) is 5.32 Å². The molecule has 0 bridgehead atoms. The molecule has 0 spiro atoms. The van der Waals surface area contributed by atoms with Gasteiger partial charge in [0.1, 0.15) is 0 Å². The fourth-order valence-corrected chi connectivity index (χ4v) is 2.28. The van der Waals surface area contributed by atoms with E-state index in [9.17, 15) is 14.8 Å². The van der Waals surface area contributed by atoms with Gasteiger partial charge in [-0.2, -0.15) is 4.73 Å². The van der Waals surface area contributed by atoms with Gasteiger partial charge in [-0.25, -0.2) is 4.79 Å². The number of nitrogens with zero attached hydrogens (tertiary/aromatic N) is 1. The van der Waals surface area contributed by atoms with Gasteiger partial charge in [0.2, 0.25) is 0 Å². The van der Waals surface area contributed by atoms with Crippen molar-refractivity contribution in [2.24, 2.45) is 0 Å². The number of benzene rings is 1. The second kappa shape index (κ2) is 7.60. The van der Waals surface area contributed by atoms with Gasteiger partial charge in [-0.05, 0) is 24.6 Å². The molecule has 2 aromatic rings. The zero-order valence-corrected chi connectivity index (χ0v) is 13.1. The molecule has 1 N–H and O–H groups in total. The van der Waals surface area contributed by atoms with Gasteiger partial charge >= 0.3 is 11.7 Å². The number of amides is 1. The Morgan fingerprint density at radius 1 is 1.26 bits per heavy atom. The number of carbonyl (C=O) groups is 2. The lowest BCUT2D eigenvalue weighted by molar-refractivity contribution is -0.608. The van der Waals surface area contributed by atoms with Crippen molar-refractivity contribution in [3.63, 3.8) is 0 Å². The van der Waals surface area contributed by atoms with Gasteiger partial charge in [0.05, 0.1) is 6.04 Å². The Bertz CT molecular complexity index is 721. The summed E-state index contributed by atoms with van der Waals surface area (Å²) < 4.78 is 5.21. The molecule has 0 radical (unpaired) electrons. The summed E-state index contributed by atoms with van der Waals surface area (Å²) in [6.07, 6.45) is 1.18. The van der Waals surface area contributed by atoms with E-state index in [1.165, 1.54) is 24.4 Å². The Morgan fingerprint density at radius 2 is 1.96 bits per heavy atom. The lowest BCUT2D eigenvalue weighted by atomic mass is 10.1. The van der Waals surface area contributed by atoms with Gasteiger partial charge in [-0.3, -0.25) is 4.79 Å². The predicted octanol–water partition coefficient (Wildman–Crippen LogP) is 2.01. The number of nitrogens with one attached hydrogen (secondary N) is 1. The third-order valence-corrected chi connectivity index (χ3v) is 3.46. The fourth-order valence-electron chi connectivity index (χ4n) is 1.98. The van der Waals surface area contributed by atoms with Gasteiger partial charge in [-0.1, -0.05) is 29.8 Å². The van der Waals surface area contributed by atoms with Gasteiger partial charge in [0, 0.05) is 17.2 Å². The largest absolute Gasteiger partial charge is 0.618 e. The molecule has 1 aromatic heterocycles. The Kier molecular flexibility index (Phi) is 5.54. The molecule has 1 aromatic carbocycles. The van der Waals surface area contributed by atoms with Crippen LogP contribution in [0, 0.1) is 5.21 Å². The molecule has 0 aliphatic heterocycles. The number of esters is 1. The molecule has 1 atom stereocenters. The van der Waals surface area contributed by atoms with Crippen LogP contribution in [0.5, 0.6) is 0 Å². The summed E-state index contributed by atoms with van der Waals surface area (Å²) in [7, 11) is 0. The zero-order valence-electron chi connectivity index (χ0n) is 12.4. The van der Waals surface area contributed by atoms with Crippen molar-refractivity contribution in [3.8, 4) is 0 Å². The third-order valence-electron chi connectivity index (χ3n) is 3.12. The lowest BCUT2D eigenvalue weighted by Gasteiger charge is -2.15. The topological polar surface area (TPSA) is 82.3 Å². The molecule has 120 valence electrons. The number of aromatic nitrogens is 1. The molecule has 23 heavy (non-hydrogen) atoms. The first-order valence-electron chi connectivity index (χ1n) is 6.88. The van der Waals surface area contributed by atoms with Crippen LogP contribution in [0.25, 0.3) is 0 Å². The SMILES string of the molecule is C[C@@H](NC(=O)COC(=O)c1cccc[n+]1[O-])c1ccccc1Cl. The van der Waals surface area contributed by atoms with Crippen molar-refractivity contribution >= 4 is 23.5 Å². The second-order valence-corrected chi connectivity index (χ2v) is 5.21. The summed E-state index contributed by atoms with van der Waals surface area (Å²) in [5.41, 5.74) is 0.578. The van der Waals surface area contributed by atoms with E-state index in [-0.39, 0.29) is 11.7 Å². The summed E-state index contributed by atoms with van der Waals surface area (Å²) >= 11 is 6.05. The quantitative estimate of drug-likeness (QED) is 0.515. The number of pyridine rings is 1. The van der Waals surface area contributed by atoms with Gasteiger partial charge < -0.3 is 15.3 Å². The summed E-state index contributed by atoms with van der Waals surface area (Å²) in [6.45, 7) is 1.28.